The van der Waals surface area contributed by atoms with E-state index in [1.165, 1.54) is 0 Å². The van der Waals surface area contributed by atoms with E-state index in [0.29, 0.717) is 11.8 Å². The molecule has 0 atom stereocenters. The Labute approximate surface area is 87.0 Å². The summed E-state index contributed by atoms with van der Waals surface area (Å²) in [7, 11) is 0.883. The lowest BCUT2D eigenvalue weighted by Gasteiger charge is -2.01. The van der Waals surface area contributed by atoms with Crippen LogP contribution in [0.1, 0.15) is 22.8 Å². The van der Waals surface area contributed by atoms with Crippen molar-refractivity contribution in [2.24, 2.45) is 0 Å². The van der Waals surface area contributed by atoms with Gasteiger partial charge in [-0.05, 0) is 24.6 Å². The van der Waals surface area contributed by atoms with Gasteiger partial charge in [-0.25, -0.2) is 4.79 Å². The molecule has 0 aliphatic heterocycles. The van der Waals surface area contributed by atoms with Crippen molar-refractivity contribution in [1.29, 1.82) is 0 Å². The highest BCUT2D eigenvalue weighted by molar-refractivity contribution is 6.09. The average molecular weight is 206 g/mol. The number of carbonyl (C=O) groups is 1. The monoisotopic (exact) mass is 206 g/mol. The zero-order valence-electron chi connectivity index (χ0n) is 8.49. The topological polar surface area (TPSA) is 26.3 Å². The van der Waals surface area contributed by atoms with Crippen LogP contribution in [0.4, 0.5) is 0 Å². The van der Waals surface area contributed by atoms with Gasteiger partial charge in [0, 0.05) is 0 Å². The van der Waals surface area contributed by atoms with Gasteiger partial charge in [-0.1, -0.05) is 24.3 Å². The summed E-state index contributed by atoms with van der Waals surface area (Å²) in [5.41, 5.74) is 1.71. The van der Waals surface area contributed by atoms with Crippen LogP contribution in [0, 0.1) is 0 Å². The molecule has 0 N–H and O–H groups in total. The Hall–Kier alpha value is -1.35. The third-order valence-electron chi connectivity index (χ3n) is 1.78. The van der Waals surface area contributed by atoms with Crippen LogP contribution in [0.3, 0.4) is 0 Å². The Bertz CT molecular complexity index is 328. The van der Waals surface area contributed by atoms with Gasteiger partial charge >= 0.3 is 5.97 Å². The molecule has 0 saturated heterocycles. The first kappa shape index (κ1) is 10.7. The number of carbonyl (C=O) groups excluding carboxylic acids is 1. The second-order valence-electron chi connectivity index (χ2n) is 2.84. The minimum Gasteiger partial charge on any atom is -0.467 e. The van der Waals surface area contributed by atoms with Crippen molar-refractivity contribution in [3.05, 3.63) is 41.5 Å². The standard InChI is InChI=1S/C11H14O2Si/c1-2-3-9-4-6-10(7-5-9)11(12)13-8-14/h2-7H,8H2,1,14H3/b3-2+. The van der Waals surface area contributed by atoms with Crippen molar-refractivity contribution in [3.8, 4) is 0 Å². The minimum absolute atomic E-state index is 0.230. The van der Waals surface area contributed by atoms with Crippen LogP contribution in [0.5, 0.6) is 0 Å². The summed E-state index contributed by atoms with van der Waals surface area (Å²) in [4.78, 5) is 11.3. The maximum absolute atomic E-state index is 11.3. The van der Waals surface area contributed by atoms with Crippen LogP contribution in [-0.2, 0) is 4.74 Å². The molecule has 14 heavy (non-hydrogen) atoms. The second kappa shape index (κ2) is 5.39. The van der Waals surface area contributed by atoms with E-state index < -0.39 is 0 Å². The second-order valence-corrected chi connectivity index (χ2v) is 3.42. The van der Waals surface area contributed by atoms with Gasteiger partial charge in [0.15, 0.2) is 0 Å². The molecule has 74 valence electrons. The van der Waals surface area contributed by atoms with Crippen molar-refractivity contribution in [1.82, 2.24) is 0 Å². The van der Waals surface area contributed by atoms with E-state index in [-0.39, 0.29) is 5.97 Å². The Morgan fingerprint density at radius 3 is 2.57 bits per heavy atom. The summed E-state index contributed by atoms with van der Waals surface area (Å²) in [6, 6.07) is 7.39. The molecular formula is C11H14O2Si. The van der Waals surface area contributed by atoms with E-state index in [2.05, 4.69) is 0 Å². The molecule has 0 aromatic heterocycles. The Morgan fingerprint density at radius 1 is 1.43 bits per heavy atom. The van der Waals surface area contributed by atoms with E-state index in [1.54, 1.807) is 12.1 Å². The first-order chi connectivity index (χ1) is 6.77. The highest BCUT2D eigenvalue weighted by Gasteiger charge is 2.04. The van der Waals surface area contributed by atoms with Crippen LogP contribution >= 0.6 is 0 Å². The number of hydrogen-bond donors (Lipinski definition) is 0. The van der Waals surface area contributed by atoms with Crippen LogP contribution < -0.4 is 0 Å². The SMILES string of the molecule is C/C=C/c1ccc(C(=O)OC[SiH3])cc1. The molecule has 1 rings (SSSR count). The molecule has 0 radical (unpaired) electrons. The van der Waals surface area contributed by atoms with E-state index in [9.17, 15) is 4.79 Å². The molecule has 0 heterocycles. The zero-order chi connectivity index (χ0) is 10.4. The van der Waals surface area contributed by atoms with Gasteiger partial charge in [0.25, 0.3) is 0 Å². The summed E-state index contributed by atoms with van der Waals surface area (Å²) >= 11 is 0. The van der Waals surface area contributed by atoms with E-state index in [0.717, 1.165) is 15.8 Å². The average Bonchev–Trinajstić information content (AvgIpc) is 2.20. The highest BCUT2D eigenvalue weighted by Crippen LogP contribution is 2.07. The van der Waals surface area contributed by atoms with Crippen molar-refractivity contribution >= 4 is 22.3 Å². The molecular weight excluding hydrogens is 192 g/mol. The normalized spacial score (nSPS) is 10.6. The summed E-state index contributed by atoms with van der Waals surface area (Å²) in [6.45, 7) is 1.96. The fourth-order valence-electron chi connectivity index (χ4n) is 1.14. The number of benzene rings is 1. The fourth-order valence-corrected chi connectivity index (χ4v) is 1.40. The third kappa shape index (κ3) is 2.85. The third-order valence-corrected chi connectivity index (χ3v) is 2.07. The molecule has 0 amide bonds. The Kier molecular flexibility index (Phi) is 4.13. The number of ether oxygens (including phenoxy) is 1. The first-order valence-corrected chi connectivity index (χ1v) is 6.09. The molecule has 3 heteroatoms. The number of rotatable bonds is 3. The van der Waals surface area contributed by atoms with Crippen LogP contribution in [0.25, 0.3) is 6.08 Å². The molecule has 0 fully saturated rings. The molecule has 0 aliphatic rings. The zero-order valence-corrected chi connectivity index (χ0v) is 10.5. The molecule has 0 bridgehead atoms. The summed E-state index contributed by atoms with van der Waals surface area (Å²) in [6.07, 6.45) is 4.50. The summed E-state index contributed by atoms with van der Waals surface area (Å²) in [5, 5.41) is 0. The van der Waals surface area contributed by atoms with Crippen molar-refractivity contribution in [2.45, 2.75) is 6.92 Å². The predicted octanol–water partition coefficient (Wildman–Crippen LogP) is 1.20. The highest BCUT2D eigenvalue weighted by atomic mass is 28.1. The van der Waals surface area contributed by atoms with E-state index in [4.69, 9.17) is 4.74 Å². The maximum atomic E-state index is 11.3. The smallest absolute Gasteiger partial charge is 0.337 e. The van der Waals surface area contributed by atoms with Crippen LogP contribution in [0.15, 0.2) is 30.3 Å². The maximum Gasteiger partial charge on any atom is 0.337 e. The lowest BCUT2D eigenvalue weighted by atomic mass is 10.1. The van der Waals surface area contributed by atoms with Gasteiger partial charge in [0.1, 0.15) is 0 Å². The lowest BCUT2D eigenvalue weighted by molar-refractivity contribution is 0.0573. The minimum atomic E-state index is -0.230. The Morgan fingerprint density at radius 2 is 2.07 bits per heavy atom. The molecule has 1 aromatic carbocycles. The van der Waals surface area contributed by atoms with Crippen LogP contribution in [0.2, 0.25) is 0 Å². The van der Waals surface area contributed by atoms with E-state index >= 15 is 0 Å². The van der Waals surface area contributed by atoms with Crippen molar-refractivity contribution < 1.29 is 9.53 Å². The molecule has 0 unspecified atom stereocenters. The van der Waals surface area contributed by atoms with Crippen LogP contribution in [-0.4, -0.2) is 22.4 Å². The van der Waals surface area contributed by atoms with Gasteiger partial charge in [-0.15, -0.1) is 0 Å². The van der Waals surface area contributed by atoms with Gasteiger partial charge in [-0.3, -0.25) is 0 Å². The summed E-state index contributed by atoms with van der Waals surface area (Å²) in [5.74, 6) is -0.230. The van der Waals surface area contributed by atoms with Gasteiger partial charge in [-0.2, -0.15) is 0 Å². The largest absolute Gasteiger partial charge is 0.467 e. The fraction of sp³-hybridized carbons (Fsp3) is 0.182. The molecule has 2 nitrogen and oxygen atoms in total. The van der Waals surface area contributed by atoms with Crippen molar-refractivity contribution in [3.63, 3.8) is 0 Å². The van der Waals surface area contributed by atoms with E-state index in [1.807, 2.05) is 31.2 Å². The first-order valence-electron chi connectivity index (χ1n) is 4.67. The molecule has 0 spiro atoms. The Balaban J connectivity index is 2.77. The lowest BCUT2D eigenvalue weighted by Crippen LogP contribution is -2.05. The van der Waals surface area contributed by atoms with Crippen molar-refractivity contribution in [2.75, 3.05) is 6.23 Å². The predicted molar refractivity (Wildman–Crippen MR) is 61.4 cm³/mol. The van der Waals surface area contributed by atoms with Gasteiger partial charge in [0.05, 0.1) is 22.0 Å². The summed E-state index contributed by atoms with van der Waals surface area (Å²) < 4.78 is 4.93. The quantitative estimate of drug-likeness (QED) is 0.549. The van der Waals surface area contributed by atoms with Gasteiger partial charge in [0.2, 0.25) is 0 Å². The molecule has 1 aromatic rings. The number of esters is 1. The molecule has 0 aliphatic carbocycles. The number of hydrogen-bond acceptors (Lipinski definition) is 2. The van der Waals surface area contributed by atoms with Gasteiger partial charge < -0.3 is 4.74 Å². The molecule has 0 saturated carbocycles. The number of allylic oxidation sites excluding steroid dienone is 1.